The van der Waals surface area contributed by atoms with Gasteiger partial charge in [-0.3, -0.25) is 0 Å². The topological polar surface area (TPSA) is 0 Å². The smallest absolute Gasteiger partial charge is 0.0920 e. The van der Waals surface area contributed by atoms with Crippen LogP contribution in [0.1, 0.15) is 114 Å². The van der Waals surface area contributed by atoms with Crippen molar-refractivity contribution in [2.75, 3.05) is 0 Å². The largest absolute Gasteiger partial charge is 0.184 e. The maximum atomic E-state index is 4.93. The molecule has 0 aromatic heterocycles. The van der Waals surface area contributed by atoms with Crippen molar-refractivity contribution in [3.63, 3.8) is 0 Å². The number of hydrogen-bond donors (Lipinski definition) is 0. The van der Waals surface area contributed by atoms with Crippen LogP contribution in [0.2, 0.25) is 0 Å². The number of hydrogen-bond acceptors (Lipinski definition) is 0. The number of halogens is 2. The Hall–Kier alpha value is -3.78. The first kappa shape index (κ1) is 45.7. The van der Waals surface area contributed by atoms with Gasteiger partial charge >= 0.3 is 37.9 Å². The zero-order chi connectivity index (χ0) is 42.8. The Morgan fingerprint density at radius 3 is 1.40 bits per heavy atom. The fraction of sp³-hybridized carbons (Fsp3) is 0.250. The van der Waals surface area contributed by atoms with Crippen LogP contribution in [0, 0.1) is 6.07 Å². The van der Waals surface area contributed by atoms with Gasteiger partial charge in [0.1, 0.15) is 0 Å². The molecule has 0 bridgehead atoms. The second-order valence-electron chi connectivity index (χ2n) is 16.5. The van der Waals surface area contributed by atoms with E-state index in [4.69, 9.17) is 17.0 Å². The van der Waals surface area contributed by atoms with Gasteiger partial charge in [-0.05, 0) is 58.8 Å². The first-order valence-corrected chi connectivity index (χ1v) is 28.8. The summed E-state index contributed by atoms with van der Waals surface area (Å²) >= 11 is -0.826. The van der Waals surface area contributed by atoms with Gasteiger partial charge in [0, 0.05) is 0 Å². The third kappa shape index (κ3) is 10.6. The Morgan fingerprint density at radius 2 is 0.933 bits per heavy atom. The van der Waals surface area contributed by atoms with E-state index in [9.17, 15) is 0 Å². The maximum absolute atomic E-state index is 4.93. The Kier molecular flexibility index (Phi) is 16.6. The van der Waals surface area contributed by atoms with Gasteiger partial charge in [0.25, 0.3) is 0 Å². The van der Waals surface area contributed by atoms with Crippen LogP contribution in [0.5, 0.6) is 0 Å². The molecule has 0 saturated heterocycles. The molecule has 2 atom stereocenters. The molecule has 9 rings (SSSR count). The van der Waals surface area contributed by atoms with E-state index in [-0.39, 0.29) is 0 Å². The molecule has 1 aliphatic rings. The quantitative estimate of drug-likeness (QED) is 0.105. The molecule has 2 unspecified atom stereocenters. The molecule has 60 heavy (non-hydrogen) atoms. The molecular weight excluding hydrogens is 863 g/mol. The molecule has 0 saturated carbocycles. The van der Waals surface area contributed by atoms with Crippen molar-refractivity contribution in [3.05, 3.63) is 180 Å². The van der Waals surface area contributed by atoms with Crippen molar-refractivity contribution in [2.24, 2.45) is 0 Å². The molecule has 2 radical (unpaired) electrons. The first-order valence-electron chi connectivity index (χ1n) is 21.5. The van der Waals surface area contributed by atoms with Crippen LogP contribution >= 0.6 is 17.0 Å². The van der Waals surface area contributed by atoms with E-state index in [0.717, 1.165) is 9.52 Å². The second kappa shape index (κ2) is 21.8. The second-order valence-corrected chi connectivity index (χ2v) is 21.5. The summed E-state index contributed by atoms with van der Waals surface area (Å²) in [7, 11) is 10.7. The monoisotopic (exact) mass is 917 g/mol. The molecule has 0 aliphatic carbocycles. The van der Waals surface area contributed by atoms with Gasteiger partial charge in [-0.1, -0.05) is 162 Å². The number of fused-ring (bicyclic) bond motifs is 5. The fourth-order valence-corrected chi connectivity index (χ4v) is 9.47. The van der Waals surface area contributed by atoms with Crippen molar-refractivity contribution < 1.29 is 20.8 Å². The van der Waals surface area contributed by atoms with Gasteiger partial charge in [0.2, 0.25) is 0 Å². The molecule has 0 spiro atoms. The van der Waals surface area contributed by atoms with E-state index >= 15 is 0 Å². The third-order valence-electron chi connectivity index (χ3n) is 12.0. The Bertz CT molecular complexity index is 2430. The van der Waals surface area contributed by atoms with E-state index in [1.165, 1.54) is 100 Å². The maximum Gasteiger partial charge on any atom is 0.0920 e. The third-order valence-corrected chi connectivity index (χ3v) is 13.4. The van der Waals surface area contributed by atoms with Crippen LogP contribution in [0.3, 0.4) is 0 Å². The Labute approximate surface area is 381 Å². The van der Waals surface area contributed by atoms with Crippen LogP contribution in [-0.4, -0.2) is 9.52 Å². The molecule has 0 nitrogen and oxygen atoms in total. The molecule has 0 N–H and O–H groups in total. The minimum atomic E-state index is -0.826. The molecular formula is C56H57Cl2SiZr-3. The van der Waals surface area contributed by atoms with Crippen molar-refractivity contribution in [2.45, 2.75) is 91.9 Å². The van der Waals surface area contributed by atoms with Crippen molar-refractivity contribution in [3.8, 4) is 33.4 Å². The first-order chi connectivity index (χ1) is 29.1. The summed E-state index contributed by atoms with van der Waals surface area (Å²) in [6.45, 7) is 18.2. The molecule has 4 heteroatoms. The molecule has 306 valence electrons. The van der Waals surface area contributed by atoms with Crippen LogP contribution in [0.15, 0.2) is 152 Å². The SMILES string of the molecule is CCC(C)c1ccccc1-c1cccc2[cH-]c(C(C)C)cc12.CCC(C)c1ccccc1-c1cccc2[cH-]c(C(C)C)cc12.[Cl][Zr][Cl].[c-]1cccc2c1[Si]c1ccccc1-2. The van der Waals surface area contributed by atoms with Crippen LogP contribution < -0.4 is 10.4 Å². The Balaban J connectivity index is 0.000000150. The summed E-state index contributed by atoms with van der Waals surface area (Å²) in [5.74, 6) is 2.33. The zero-order valence-electron chi connectivity index (χ0n) is 36.4. The summed E-state index contributed by atoms with van der Waals surface area (Å²) in [6, 6.07) is 58.8. The van der Waals surface area contributed by atoms with E-state index < -0.39 is 20.8 Å². The fourth-order valence-electron chi connectivity index (χ4n) is 8.16. The number of rotatable bonds is 8. The molecule has 8 aromatic carbocycles. The predicted octanol–water partition coefficient (Wildman–Crippen LogP) is 16.2. The van der Waals surface area contributed by atoms with Gasteiger partial charge in [-0.25, -0.2) is 0 Å². The average molecular weight is 920 g/mol. The molecule has 0 amide bonds. The van der Waals surface area contributed by atoms with Crippen molar-refractivity contribution in [1.82, 2.24) is 0 Å². The minimum absolute atomic E-state index is 0.574. The van der Waals surface area contributed by atoms with E-state index in [2.05, 4.69) is 207 Å². The van der Waals surface area contributed by atoms with Gasteiger partial charge in [0.15, 0.2) is 0 Å². The molecule has 8 aromatic rings. The summed E-state index contributed by atoms with van der Waals surface area (Å²) in [6.07, 6.45) is 2.34. The van der Waals surface area contributed by atoms with Crippen LogP contribution in [-0.2, 0) is 20.8 Å². The summed E-state index contributed by atoms with van der Waals surface area (Å²) < 4.78 is 0. The summed E-state index contributed by atoms with van der Waals surface area (Å²) in [5.41, 5.74) is 14.1. The van der Waals surface area contributed by atoms with Crippen LogP contribution in [0.25, 0.3) is 54.9 Å². The molecule has 0 fully saturated rings. The normalized spacial score (nSPS) is 12.4. The zero-order valence-corrected chi connectivity index (χ0v) is 41.4. The minimum Gasteiger partial charge on any atom is -0.184 e. The van der Waals surface area contributed by atoms with Gasteiger partial charge in [0.05, 0.1) is 9.52 Å². The summed E-state index contributed by atoms with van der Waals surface area (Å²) in [5, 5.41) is 8.33. The average Bonchev–Trinajstić information content (AvgIpc) is 4.03. The van der Waals surface area contributed by atoms with Gasteiger partial charge < -0.3 is 0 Å². The summed E-state index contributed by atoms with van der Waals surface area (Å²) in [4.78, 5) is 0. The predicted molar refractivity (Wildman–Crippen MR) is 263 cm³/mol. The standard InChI is InChI=1S/2C22H25.C12H7Si.2ClH.Zr/c2*1-5-16(4)19-10-6-7-11-20(19)21-12-8-9-17-13-18(15(2)3)14-22(17)21;1-3-7-11-9(5-1)10-6-2-4-8-12(10)13-11;;;/h2*6-16H,5H2,1-4H3;1-7H;2*1H;/q3*-1;;;+2/p-2. The van der Waals surface area contributed by atoms with Crippen molar-refractivity contribution >= 4 is 58.5 Å². The Morgan fingerprint density at radius 1 is 0.517 bits per heavy atom. The van der Waals surface area contributed by atoms with E-state index in [0.29, 0.717) is 23.7 Å². The van der Waals surface area contributed by atoms with Gasteiger partial charge in [-0.15, -0.1) is 74.6 Å². The molecule has 1 heterocycles. The van der Waals surface area contributed by atoms with E-state index in [1.807, 2.05) is 6.07 Å². The van der Waals surface area contributed by atoms with Crippen LogP contribution in [0.4, 0.5) is 0 Å². The number of benzene rings is 6. The van der Waals surface area contributed by atoms with Gasteiger partial charge in [-0.2, -0.15) is 41.6 Å². The van der Waals surface area contributed by atoms with E-state index in [1.54, 1.807) is 0 Å². The molecule has 1 aliphatic heterocycles. The van der Waals surface area contributed by atoms with Crippen molar-refractivity contribution in [1.29, 1.82) is 0 Å².